The van der Waals surface area contributed by atoms with Crippen molar-refractivity contribution in [2.45, 2.75) is 18.8 Å². The number of rotatable bonds is 1. The van der Waals surface area contributed by atoms with Crippen molar-refractivity contribution < 1.29 is 4.74 Å². The summed E-state index contributed by atoms with van der Waals surface area (Å²) in [5.74, 6) is 1.59. The summed E-state index contributed by atoms with van der Waals surface area (Å²) in [7, 11) is 0. The lowest BCUT2D eigenvalue weighted by Crippen LogP contribution is -2.17. The first-order chi connectivity index (χ1) is 9.42. The molecule has 0 radical (unpaired) electrons. The van der Waals surface area contributed by atoms with Crippen LogP contribution in [0.5, 0.6) is 5.75 Å². The molecule has 0 bridgehead atoms. The van der Waals surface area contributed by atoms with Crippen molar-refractivity contribution >= 4 is 5.69 Å². The van der Waals surface area contributed by atoms with Crippen LogP contribution in [0.25, 0.3) is 0 Å². The fourth-order valence-electron chi connectivity index (χ4n) is 3.24. The second-order valence-corrected chi connectivity index (χ2v) is 5.32. The Morgan fingerprint density at radius 3 is 3.05 bits per heavy atom. The van der Waals surface area contributed by atoms with Crippen LogP contribution < -0.4 is 10.1 Å². The highest BCUT2D eigenvalue weighted by molar-refractivity contribution is 5.58. The number of hydrogen-bond donors (Lipinski definition) is 1. The van der Waals surface area contributed by atoms with Gasteiger partial charge in [0.25, 0.3) is 0 Å². The van der Waals surface area contributed by atoms with Crippen LogP contribution in [0.3, 0.4) is 0 Å². The Hall–Kier alpha value is -1.96. The Kier molecular flexibility index (Phi) is 2.47. The molecule has 2 aromatic rings. The van der Waals surface area contributed by atoms with Gasteiger partial charge in [0.15, 0.2) is 0 Å². The molecule has 2 heteroatoms. The van der Waals surface area contributed by atoms with Gasteiger partial charge in [0.05, 0.1) is 6.61 Å². The molecule has 1 unspecified atom stereocenters. The molecule has 0 aromatic heterocycles. The Bertz CT molecular complexity index is 620. The van der Waals surface area contributed by atoms with Gasteiger partial charge in [-0.15, -0.1) is 0 Å². The van der Waals surface area contributed by atoms with E-state index in [0.29, 0.717) is 5.92 Å². The monoisotopic (exact) mass is 251 g/mol. The van der Waals surface area contributed by atoms with Gasteiger partial charge >= 0.3 is 0 Å². The predicted molar refractivity (Wildman–Crippen MR) is 77.0 cm³/mol. The van der Waals surface area contributed by atoms with Gasteiger partial charge < -0.3 is 10.1 Å². The summed E-state index contributed by atoms with van der Waals surface area (Å²) < 4.78 is 5.60. The number of benzene rings is 2. The molecule has 0 fully saturated rings. The summed E-state index contributed by atoms with van der Waals surface area (Å²) in [6, 6.07) is 15.4. The maximum absolute atomic E-state index is 5.60. The van der Waals surface area contributed by atoms with Crippen molar-refractivity contribution in [3.05, 3.63) is 59.2 Å². The molecule has 1 N–H and O–H groups in total. The SMILES string of the molecule is c1ccc2c(c1)NCCC2c1ccc2c(c1)CCO2. The van der Waals surface area contributed by atoms with Crippen molar-refractivity contribution in [3.63, 3.8) is 0 Å². The lowest BCUT2D eigenvalue weighted by atomic mass is 9.84. The van der Waals surface area contributed by atoms with Crippen molar-refractivity contribution in [3.8, 4) is 5.75 Å². The summed E-state index contributed by atoms with van der Waals surface area (Å²) in [5.41, 5.74) is 5.51. The summed E-state index contributed by atoms with van der Waals surface area (Å²) in [4.78, 5) is 0. The second-order valence-electron chi connectivity index (χ2n) is 5.32. The predicted octanol–water partition coefficient (Wildman–Crippen LogP) is 3.57. The van der Waals surface area contributed by atoms with Gasteiger partial charge in [0.1, 0.15) is 5.75 Å². The molecule has 2 heterocycles. The van der Waals surface area contributed by atoms with Gasteiger partial charge in [0.2, 0.25) is 0 Å². The van der Waals surface area contributed by atoms with E-state index in [9.17, 15) is 0 Å². The molecule has 96 valence electrons. The summed E-state index contributed by atoms with van der Waals surface area (Å²) in [5, 5.41) is 3.49. The van der Waals surface area contributed by atoms with E-state index >= 15 is 0 Å². The summed E-state index contributed by atoms with van der Waals surface area (Å²) in [6.45, 7) is 1.89. The zero-order chi connectivity index (χ0) is 12.7. The van der Waals surface area contributed by atoms with Crippen LogP contribution >= 0.6 is 0 Å². The number of nitrogens with one attached hydrogen (secondary N) is 1. The van der Waals surface area contributed by atoms with Crippen LogP contribution in [-0.2, 0) is 6.42 Å². The molecule has 19 heavy (non-hydrogen) atoms. The quantitative estimate of drug-likeness (QED) is 0.836. The Balaban J connectivity index is 1.77. The van der Waals surface area contributed by atoms with E-state index < -0.39 is 0 Å². The van der Waals surface area contributed by atoms with E-state index in [2.05, 4.69) is 47.8 Å². The number of hydrogen-bond acceptors (Lipinski definition) is 2. The minimum absolute atomic E-state index is 0.517. The fourth-order valence-corrected chi connectivity index (χ4v) is 3.24. The third kappa shape index (κ3) is 1.79. The smallest absolute Gasteiger partial charge is 0.122 e. The number of para-hydroxylation sites is 1. The van der Waals surface area contributed by atoms with Crippen LogP contribution in [0.1, 0.15) is 29.0 Å². The number of fused-ring (bicyclic) bond motifs is 2. The zero-order valence-electron chi connectivity index (χ0n) is 10.9. The lowest BCUT2D eigenvalue weighted by molar-refractivity contribution is 0.357. The van der Waals surface area contributed by atoms with Crippen LogP contribution in [0.4, 0.5) is 5.69 Å². The average molecular weight is 251 g/mol. The van der Waals surface area contributed by atoms with E-state index in [1.807, 2.05) is 0 Å². The van der Waals surface area contributed by atoms with Gasteiger partial charge in [-0.05, 0) is 35.2 Å². The molecular formula is C17H17NO. The molecule has 2 nitrogen and oxygen atoms in total. The van der Waals surface area contributed by atoms with Crippen LogP contribution in [0, 0.1) is 0 Å². The van der Waals surface area contributed by atoms with Gasteiger partial charge in [-0.25, -0.2) is 0 Å². The molecule has 0 amide bonds. The van der Waals surface area contributed by atoms with Gasteiger partial charge in [-0.1, -0.05) is 30.3 Å². The summed E-state index contributed by atoms with van der Waals surface area (Å²) in [6.07, 6.45) is 2.21. The molecule has 2 aromatic carbocycles. The second kappa shape index (κ2) is 4.30. The largest absolute Gasteiger partial charge is 0.493 e. The number of ether oxygens (including phenoxy) is 1. The van der Waals surface area contributed by atoms with E-state index in [1.165, 1.54) is 22.4 Å². The van der Waals surface area contributed by atoms with E-state index in [1.54, 1.807) is 0 Å². The van der Waals surface area contributed by atoms with Crippen molar-refractivity contribution in [2.24, 2.45) is 0 Å². The van der Waals surface area contributed by atoms with Crippen LogP contribution in [0.15, 0.2) is 42.5 Å². The molecule has 2 aliphatic rings. The molecule has 2 aliphatic heterocycles. The molecule has 1 atom stereocenters. The summed E-state index contributed by atoms with van der Waals surface area (Å²) >= 11 is 0. The van der Waals surface area contributed by atoms with Gasteiger partial charge in [0, 0.05) is 24.6 Å². The van der Waals surface area contributed by atoms with Gasteiger partial charge in [-0.2, -0.15) is 0 Å². The minimum Gasteiger partial charge on any atom is -0.493 e. The third-order valence-electron chi connectivity index (χ3n) is 4.20. The van der Waals surface area contributed by atoms with E-state index in [4.69, 9.17) is 4.74 Å². The molecule has 0 saturated carbocycles. The first-order valence-electron chi connectivity index (χ1n) is 7.00. The topological polar surface area (TPSA) is 21.3 Å². The molecule has 0 aliphatic carbocycles. The first-order valence-corrected chi connectivity index (χ1v) is 7.00. The molecule has 0 saturated heterocycles. The third-order valence-corrected chi connectivity index (χ3v) is 4.20. The average Bonchev–Trinajstić information content (AvgIpc) is 2.94. The lowest BCUT2D eigenvalue weighted by Gasteiger charge is -2.27. The number of anilines is 1. The van der Waals surface area contributed by atoms with E-state index in [0.717, 1.165) is 31.7 Å². The standard InChI is InChI=1S/C17H17NO/c1-2-4-16-15(3-1)14(7-9-18-16)12-5-6-17-13(11-12)8-10-19-17/h1-6,11,14,18H,7-10H2. The Morgan fingerprint density at radius 2 is 2.05 bits per heavy atom. The molecule has 0 spiro atoms. The maximum Gasteiger partial charge on any atom is 0.122 e. The fraction of sp³-hybridized carbons (Fsp3) is 0.294. The van der Waals surface area contributed by atoms with E-state index in [-0.39, 0.29) is 0 Å². The Morgan fingerprint density at radius 1 is 1.11 bits per heavy atom. The highest BCUT2D eigenvalue weighted by Gasteiger charge is 2.22. The molecular weight excluding hydrogens is 234 g/mol. The van der Waals surface area contributed by atoms with Crippen molar-refractivity contribution in [2.75, 3.05) is 18.5 Å². The highest BCUT2D eigenvalue weighted by Crippen LogP contribution is 2.38. The Labute approximate surface area is 113 Å². The van der Waals surface area contributed by atoms with Crippen molar-refractivity contribution in [1.82, 2.24) is 0 Å². The van der Waals surface area contributed by atoms with Crippen LogP contribution in [-0.4, -0.2) is 13.2 Å². The highest BCUT2D eigenvalue weighted by atomic mass is 16.5. The first kappa shape index (κ1) is 10.9. The van der Waals surface area contributed by atoms with Gasteiger partial charge in [-0.3, -0.25) is 0 Å². The maximum atomic E-state index is 5.60. The van der Waals surface area contributed by atoms with Crippen molar-refractivity contribution in [1.29, 1.82) is 0 Å². The normalized spacial score (nSPS) is 20.1. The minimum atomic E-state index is 0.517. The molecule has 4 rings (SSSR count). The zero-order valence-corrected chi connectivity index (χ0v) is 10.9. The van der Waals surface area contributed by atoms with Crippen LogP contribution in [0.2, 0.25) is 0 Å².